The van der Waals surface area contributed by atoms with Crippen LogP contribution in [-0.4, -0.2) is 11.1 Å². The Labute approximate surface area is 109 Å². The molecule has 0 aliphatic carbocycles. The minimum Gasteiger partial charge on any atom is -0.488 e. The Morgan fingerprint density at radius 1 is 1.44 bits per heavy atom. The number of hydrogen-bond donors (Lipinski definition) is 1. The van der Waals surface area contributed by atoms with Crippen LogP contribution in [0.4, 0.5) is 0 Å². The molecule has 1 N–H and O–H groups in total. The summed E-state index contributed by atoms with van der Waals surface area (Å²) in [6.07, 6.45) is 3.34. The summed E-state index contributed by atoms with van der Waals surface area (Å²) in [5.74, 6) is 1.05. The van der Waals surface area contributed by atoms with Crippen LogP contribution >= 0.6 is 0 Å². The first-order valence-electron chi connectivity index (χ1n) is 6.56. The van der Waals surface area contributed by atoms with Gasteiger partial charge in [0.05, 0.1) is 0 Å². The number of carboxylic acids is 1. The SMILES string of the molecule is CCC(C)CCCC(=O)O.c1ccc2c(c1)CO2. The number of fused-ring (bicyclic) bond motifs is 1. The number of ether oxygens (including phenoxy) is 1. The molecular weight excluding hydrogens is 228 g/mol. The lowest BCUT2D eigenvalue weighted by molar-refractivity contribution is -0.137. The van der Waals surface area contributed by atoms with E-state index in [1.165, 1.54) is 5.56 Å². The van der Waals surface area contributed by atoms with E-state index < -0.39 is 5.97 Å². The Balaban J connectivity index is 0.000000182. The van der Waals surface area contributed by atoms with E-state index in [0.29, 0.717) is 12.3 Å². The van der Waals surface area contributed by atoms with E-state index >= 15 is 0 Å². The Hall–Kier alpha value is -1.51. The fourth-order valence-electron chi connectivity index (χ4n) is 1.64. The quantitative estimate of drug-likeness (QED) is 0.863. The molecule has 0 radical (unpaired) electrons. The van der Waals surface area contributed by atoms with Crippen molar-refractivity contribution in [1.29, 1.82) is 0 Å². The summed E-state index contributed by atoms with van der Waals surface area (Å²) in [6, 6.07) is 8.08. The molecule has 0 fully saturated rings. The van der Waals surface area contributed by atoms with Gasteiger partial charge in [0.25, 0.3) is 0 Å². The number of hydrogen-bond acceptors (Lipinski definition) is 2. The van der Waals surface area contributed by atoms with E-state index in [9.17, 15) is 4.79 Å². The normalized spacial score (nSPS) is 13.2. The summed E-state index contributed by atoms with van der Waals surface area (Å²) in [7, 11) is 0. The lowest BCUT2D eigenvalue weighted by Crippen LogP contribution is -2.07. The van der Waals surface area contributed by atoms with Crippen molar-refractivity contribution in [3.63, 3.8) is 0 Å². The van der Waals surface area contributed by atoms with Crippen LogP contribution < -0.4 is 4.74 Å². The highest BCUT2D eigenvalue weighted by Gasteiger charge is 2.10. The van der Waals surface area contributed by atoms with Gasteiger partial charge in [-0.1, -0.05) is 44.9 Å². The molecule has 18 heavy (non-hydrogen) atoms. The van der Waals surface area contributed by atoms with Crippen LogP contribution in [0.25, 0.3) is 0 Å². The van der Waals surface area contributed by atoms with E-state index in [0.717, 1.165) is 31.6 Å². The molecule has 100 valence electrons. The number of aliphatic carboxylic acids is 1. The molecule has 1 unspecified atom stereocenters. The smallest absolute Gasteiger partial charge is 0.303 e. The van der Waals surface area contributed by atoms with Crippen molar-refractivity contribution >= 4 is 5.97 Å². The maximum Gasteiger partial charge on any atom is 0.303 e. The molecule has 0 amide bonds. The Morgan fingerprint density at radius 3 is 2.56 bits per heavy atom. The van der Waals surface area contributed by atoms with Gasteiger partial charge < -0.3 is 9.84 Å². The lowest BCUT2D eigenvalue weighted by Gasteiger charge is -2.18. The van der Waals surface area contributed by atoms with Gasteiger partial charge in [0, 0.05) is 12.0 Å². The molecular formula is C15H22O3. The summed E-state index contributed by atoms with van der Waals surface area (Å²) in [6.45, 7) is 5.09. The zero-order valence-electron chi connectivity index (χ0n) is 11.2. The highest BCUT2D eigenvalue weighted by molar-refractivity contribution is 5.66. The van der Waals surface area contributed by atoms with Crippen molar-refractivity contribution in [3.05, 3.63) is 29.8 Å². The first-order valence-corrected chi connectivity index (χ1v) is 6.56. The highest BCUT2D eigenvalue weighted by Crippen LogP contribution is 2.27. The Kier molecular flexibility index (Phi) is 6.26. The highest BCUT2D eigenvalue weighted by atomic mass is 16.5. The summed E-state index contributed by atoms with van der Waals surface area (Å²) >= 11 is 0. The standard InChI is InChI=1S/C8H16O2.C7H6O/c1-3-7(2)5-4-6-8(9)10;1-2-4-7-6(3-1)5-8-7/h7H,3-6H2,1-2H3,(H,9,10);1-4H,5H2. The minimum atomic E-state index is -0.677. The zero-order chi connectivity index (χ0) is 13.4. The molecule has 3 nitrogen and oxygen atoms in total. The monoisotopic (exact) mass is 250 g/mol. The second-order valence-corrected chi connectivity index (χ2v) is 4.70. The number of carboxylic acid groups (broad SMARTS) is 1. The molecule has 1 aliphatic rings. The molecule has 1 aromatic carbocycles. The second kappa shape index (κ2) is 7.75. The van der Waals surface area contributed by atoms with Crippen molar-refractivity contribution in [2.24, 2.45) is 5.92 Å². The number of carbonyl (C=O) groups is 1. The van der Waals surface area contributed by atoms with Gasteiger partial charge in [0.1, 0.15) is 12.4 Å². The summed E-state index contributed by atoms with van der Waals surface area (Å²) in [4.78, 5) is 10.1. The average Bonchev–Trinajstić information content (AvgIpc) is 2.31. The summed E-state index contributed by atoms with van der Waals surface area (Å²) in [5, 5.41) is 8.30. The number of rotatable bonds is 5. The van der Waals surface area contributed by atoms with Crippen LogP contribution in [0.3, 0.4) is 0 Å². The topological polar surface area (TPSA) is 46.5 Å². The van der Waals surface area contributed by atoms with Crippen LogP contribution in [-0.2, 0) is 11.4 Å². The van der Waals surface area contributed by atoms with Crippen LogP contribution in [0, 0.1) is 5.92 Å². The van der Waals surface area contributed by atoms with Crippen molar-refractivity contribution in [2.45, 2.75) is 46.1 Å². The molecule has 1 aromatic rings. The van der Waals surface area contributed by atoms with E-state index in [1.54, 1.807) is 0 Å². The van der Waals surface area contributed by atoms with Crippen molar-refractivity contribution < 1.29 is 14.6 Å². The van der Waals surface area contributed by atoms with E-state index in [1.807, 2.05) is 18.2 Å². The molecule has 0 saturated carbocycles. The van der Waals surface area contributed by atoms with Gasteiger partial charge in [-0.05, 0) is 18.4 Å². The van der Waals surface area contributed by atoms with Gasteiger partial charge in [0.15, 0.2) is 0 Å². The molecule has 0 spiro atoms. The van der Waals surface area contributed by atoms with Crippen molar-refractivity contribution in [3.8, 4) is 5.75 Å². The van der Waals surface area contributed by atoms with Crippen LogP contribution in [0.2, 0.25) is 0 Å². The fourth-order valence-corrected chi connectivity index (χ4v) is 1.64. The summed E-state index contributed by atoms with van der Waals surface area (Å²) in [5.41, 5.74) is 1.33. The largest absolute Gasteiger partial charge is 0.488 e. The molecule has 1 heterocycles. The van der Waals surface area contributed by atoms with Gasteiger partial charge in [0.2, 0.25) is 0 Å². The zero-order valence-corrected chi connectivity index (χ0v) is 11.2. The summed E-state index contributed by atoms with van der Waals surface area (Å²) < 4.78 is 5.08. The van der Waals surface area contributed by atoms with Crippen LogP contribution in [0.1, 0.15) is 45.1 Å². The molecule has 1 atom stereocenters. The Morgan fingerprint density at radius 2 is 2.17 bits per heavy atom. The van der Waals surface area contributed by atoms with Crippen LogP contribution in [0.15, 0.2) is 24.3 Å². The third-order valence-corrected chi connectivity index (χ3v) is 3.14. The first-order chi connectivity index (χ1) is 8.63. The number of para-hydroxylation sites is 1. The number of benzene rings is 1. The third-order valence-electron chi connectivity index (χ3n) is 3.14. The minimum absolute atomic E-state index is 0.324. The van der Waals surface area contributed by atoms with E-state index in [2.05, 4.69) is 19.9 Å². The van der Waals surface area contributed by atoms with E-state index in [-0.39, 0.29) is 0 Å². The molecule has 0 aromatic heterocycles. The molecule has 0 bridgehead atoms. The maximum absolute atomic E-state index is 10.1. The molecule has 1 aliphatic heterocycles. The Bertz CT molecular complexity index is 351. The fraction of sp³-hybridized carbons (Fsp3) is 0.533. The van der Waals surface area contributed by atoms with Gasteiger partial charge in [-0.15, -0.1) is 0 Å². The second-order valence-electron chi connectivity index (χ2n) is 4.70. The maximum atomic E-state index is 10.1. The predicted molar refractivity (Wildman–Crippen MR) is 71.7 cm³/mol. The first kappa shape index (κ1) is 14.6. The third kappa shape index (κ3) is 5.21. The lowest BCUT2D eigenvalue weighted by atomic mass is 10.0. The predicted octanol–water partition coefficient (Wildman–Crippen LogP) is 3.87. The molecule has 3 heteroatoms. The van der Waals surface area contributed by atoms with Crippen LogP contribution in [0.5, 0.6) is 5.75 Å². The van der Waals surface area contributed by atoms with E-state index in [4.69, 9.17) is 9.84 Å². The average molecular weight is 250 g/mol. The van der Waals surface area contributed by atoms with Crippen molar-refractivity contribution in [1.82, 2.24) is 0 Å². The van der Waals surface area contributed by atoms with Crippen molar-refractivity contribution in [2.75, 3.05) is 0 Å². The molecule has 0 saturated heterocycles. The van der Waals surface area contributed by atoms with Gasteiger partial charge >= 0.3 is 5.97 Å². The van der Waals surface area contributed by atoms with Gasteiger partial charge in [-0.3, -0.25) is 4.79 Å². The van der Waals surface area contributed by atoms with Gasteiger partial charge in [-0.2, -0.15) is 0 Å². The molecule has 2 rings (SSSR count). The van der Waals surface area contributed by atoms with Gasteiger partial charge in [-0.25, -0.2) is 0 Å².